The minimum absolute atomic E-state index is 0.617. The number of halogens is 2. The molecule has 0 aliphatic heterocycles. The second-order valence-corrected chi connectivity index (χ2v) is 7.63. The highest BCUT2D eigenvalue weighted by atomic mass is 79.9. The van der Waals surface area contributed by atoms with Crippen LogP contribution >= 0.6 is 38.9 Å². The third-order valence-electron chi connectivity index (χ3n) is 3.84. The Hall–Kier alpha value is -0.970. The SMILES string of the molecule is Clc1nc(Cc2ccc(Br)cc2)nc2sc3c(c12)CCC3. The van der Waals surface area contributed by atoms with Gasteiger partial charge in [-0.3, -0.25) is 0 Å². The van der Waals surface area contributed by atoms with Gasteiger partial charge in [0.05, 0.1) is 5.39 Å². The highest BCUT2D eigenvalue weighted by molar-refractivity contribution is 9.10. The molecule has 0 saturated carbocycles. The Bertz CT molecular complexity index is 826. The zero-order valence-corrected chi connectivity index (χ0v) is 14.4. The number of benzene rings is 1. The van der Waals surface area contributed by atoms with Gasteiger partial charge >= 0.3 is 0 Å². The number of rotatable bonds is 2. The summed E-state index contributed by atoms with van der Waals surface area (Å²) in [4.78, 5) is 11.7. The molecular formula is C16H12BrClN2S. The molecule has 2 aromatic heterocycles. The zero-order valence-electron chi connectivity index (χ0n) is 11.2. The summed E-state index contributed by atoms with van der Waals surface area (Å²) in [5.74, 6) is 0.801. The van der Waals surface area contributed by atoms with Crippen LogP contribution in [0.15, 0.2) is 28.7 Å². The van der Waals surface area contributed by atoms with Crippen LogP contribution in [0, 0.1) is 0 Å². The molecule has 0 unspecified atom stereocenters. The first-order chi connectivity index (χ1) is 10.2. The normalized spacial score (nSPS) is 13.8. The molecule has 0 radical (unpaired) electrons. The van der Waals surface area contributed by atoms with Crippen LogP contribution in [0.4, 0.5) is 0 Å². The Balaban J connectivity index is 1.75. The molecule has 2 nitrogen and oxygen atoms in total. The van der Waals surface area contributed by atoms with Gasteiger partial charge in [-0.05, 0) is 42.5 Å². The molecule has 1 aromatic carbocycles. The van der Waals surface area contributed by atoms with Crippen LogP contribution in [0.25, 0.3) is 10.2 Å². The number of hydrogen-bond acceptors (Lipinski definition) is 3. The van der Waals surface area contributed by atoms with Crippen molar-refractivity contribution in [2.75, 3.05) is 0 Å². The van der Waals surface area contributed by atoms with Crippen molar-refractivity contribution in [3.8, 4) is 0 Å². The van der Waals surface area contributed by atoms with E-state index in [-0.39, 0.29) is 0 Å². The van der Waals surface area contributed by atoms with Crippen LogP contribution in [0.1, 0.15) is 28.2 Å². The van der Waals surface area contributed by atoms with E-state index in [2.05, 4.69) is 33.0 Å². The molecule has 2 heterocycles. The maximum absolute atomic E-state index is 6.43. The topological polar surface area (TPSA) is 25.8 Å². The molecule has 4 rings (SSSR count). The third-order valence-corrected chi connectivity index (χ3v) is 5.83. The lowest BCUT2D eigenvalue weighted by atomic mass is 10.1. The summed E-state index contributed by atoms with van der Waals surface area (Å²) >= 11 is 11.7. The molecule has 0 atom stereocenters. The van der Waals surface area contributed by atoms with Crippen LogP contribution in [0.3, 0.4) is 0 Å². The average molecular weight is 380 g/mol. The Morgan fingerprint density at radius 3 is 2.76 bits per heavy atom. The van der Waals surface area contributed by atoms with Gasteiger partial charge in [-0.25, -0.2) is 9.97 Å². The lowest BCUT2D eigenvalue weighted by molar-refractivity contribution is 0.916. The Kier molecular flexibility index (Phi) is 3.48. The van der Waals surface area contributed by atoms with E-state index in [9.17, 15) is 0 Å². The molecule has 1 aliphatic carbocycles. The first kappa shape index (κ1) is 13.7. The average Bonchev–Trinajstić information content (AvgIpc) is 3.01. The van der Waals surface area contributed by atoms with Gasteiger partial charge in [-0.15, -0.1) is 11.3 Å². The van der Waals surface area contributed by atoms with Crippen LogP contribution in [-0.4, -0.2) is 9.97 Å². The van der Waals surface area contributed by atoms with E-state index in [0.29, 0.717) is 11.6 Å². The maximum Gasteiger partial charge on any atom is 0.141 e. The van der Waals surface area contributed by atoms with Gasteiger partial charge in [-0.1, -0.05) is 39.7 Å². The van der Waals surface area contributed by atoms with Crippen molar-refractivity contribution >= 4 is 49.1 Å². The summed E-state index contributed by atoms with van der Waals surface area (Å²) in [5, 5.41) is 1.71. The fourth-order valence-corrected chi connectivity index (χ4v) is 4.76. The molecule has 0 saturated heterocycles. The minimum Gasteiger partial charge on any atom is -0.222 e. The number of aromatic nitrogens is 2. The molecule has 21 heavy (non-hydrogen) atoms. The Morgan fingerprint density at radius 1 is 1.14 bits per heavy atom. The number of nitrogens with zero attached hydrogens (tertiary/aromatic N) is 2. The minimum atomic E-state index is 0.617. The largest absolute Gasteiger partial charge is 0.222 e. The van der Waals surface area contributed by atoms with E-state index in [1.54, 1.807) is 11.3 Å². The molecule has 0 fully saturated rings. The quantitative estimate of drug-likeness (QED) is 0.573. The molecule has 3 aromatic rings. The monoisotopic (exact) mass is 378 g/mol. The summed E-state index contributed by atoms with van der Waals surface area (Å²) < 4.78 is 1.08. The summed E-state index contributed by atoms with van der Waals surface area (Å²) in [6, 6.07) is 8.24. The summed E-state index contributed by atoms with van der Waals surface area (Å²) in [6.07, 6.45) is 4.22. The standard InChI is InChI=1S/C16H12BrClN2S/c17-10-6-4-9(5-7-10)8-13-19-15(18)14-11-2-1-3-12(11)21-16(14)20-13/h4-7H,1-3,8H2. The first-order valence-corrected chi connectivity index (χ1v) is 8.90. The predicted octanol–water partition coefficient (Wildman–Crippen LogP) is 5.19. The first-order valence-electron chi connectivity index (χ1n) is 6.92. The highest BCUT2D eigenvalue weighted by Gasteiger charge is 2.21. The zero-order chi connectivity index (χ0) is 14.4. The fourth-order valence-electron chi connectivity index (χ4n) is 2.86. The molecule has 0 bridgehead atoms. The molecule has 1 aliphatic rings. The maximum atomic E-state index is 6.43. The van der Waals surface area contributed by atoms with E-state index in [1.807, 2.05) is 12.1 Å². The van der Waals surface area contributed by atoms with E-state index in [0.717, 1.165) is 33.4 Å². The molecule has 0 amide bonds. The van der Waals surface area contributed by atoms with E-state index < -0.39 is 0 Å². The predicted molar refractivity (Wildman–Crippen MR) is 91.4 cm³/mol. The molecule has 5 heteroatoms. The van der Waals surface area contributed by atoms with Crippen molar-refractivity contribution < 1.29 is 0 Å². The highest BCUT2D eigenvalue weighted by Crippen LogP contribution is 2.39. The third kappa shape index (κ3) is 2.50. The lowest BCUT2D eigenvalue weighted by Crippen LogP contribution is -1.97. The number of thiophene rings is 1. The van der Waals surface area contributed by atoms with Gasteiger partial charge in [0.2, 0.25) is 0 Å². The van der Waals surface area contributed by atoms with E-state index >= 15 is 0 Å². The van der Waals surface area contributed by atoms with Gasteiger partial charge in [-0.2, -0.15) is 0 Å². The van der Waals surface area contributed by atoms with Crippen LogP contribution < -0.4 is 0 Å². The molecule has 0 N–H and O–H groups in total. The Morgan fingerprint density at radius 2 is 1.95 bits per heavy atom. The van der Waals surface area contributed by atoms with Crippen LogP contribution in [-0.2, 0) is 19.3 Å². The van der Waals surface area contributed by atoms with Crippen molar-refractivity contribution in [1.82, 2.24) is 9.97 Å². The van der Waals surface area contributed by atoms with E-state index in [1.165, 1.54) is 22.4 Å². The Labute approximate surface area is 140 Å². The smallest absolute Gasteiger partial charge is 0.141 e. The second kappa shape index (κ2) is 5.34. The van der Waals surface area contributed by atoms with Gasteiger partial charge in [0.15, 0.2) is 0 Å². The van der Waals surface area contributed by atoms with Gasteiger partial charge < -0.3 is 0 Å². The number of aryl methyl sites for hydroxylation is 2. The molecule has 0 spiro atoms. The molecular weight excluding hydrogens is 368 g/mol. The van der Waals surface area contributed by atoms with Crippen molar-refractivity contribution in [2.45, 2.75) is 25.7 Å². The number of hydrogen-bond donors (Lipinski definition) is 0. The van der Waals surface area contributed by atoms with Gasteiger partial charge in [0.25, 0.3) is 0 Å². The van der Waals surface area contributed by atoms with Gasteiger partial charge in [0.1, 0.15) is 15.8 Å². The fraction of sp³-hybridized carbons (Fsp3) is 0.250. The van der Waals surface area contributed by atoms with Crippen molar-refractivity contribution in [2.24, 2.45) is 0 Å². The van der Waals surface area contributed by atoms with Crippen LogP contribution in [0.2, 0.25) is 5.15 Å². The summed E-state index contributed by atoms with van der Waals surface area (Å²) in [6.45, 7) is 0. The number of fused-ring (bicyclic) bond motifs is 3. The van der Waals surface area contributed by atoms with Crippen LogP contribution in [0.5, 0.6) is 0 Å². The summed E-state index contributed by atoms with van der Waals surface area (Å²) in [5.41, 5.74) is 2.58. The van der Waals surface area contributed by atoms with Crippen molar-refractivity contribution in [1.29, 1.82) is 0 Å². The van der Waals surface area contributed by atoms with Crippen molar-refractivity contribution in [3.63, 3.8) is 0 Å². The van der Waals surface area contributed by atoms with Crippen molar-refractivity contribution in [3.05, 3.63) is 55.7 Å². The summed E-state index contributed by atoms with van der Waals surface area (Å²) in [7, 11) is 0. The molecule has 106 valence electrons. The lowest BCUT2D eigenvalue weighted by Gasteiger charge is -2.03. The second-order valence-electron chi connectivity index (χ2n) is 5.27. The van der Waals surface area contributed by atoms with Gasteiger partial charge in [0, 0.05) is 15.8 Å². The van der Waals surface area contributed by atoms with E-state index in [4.69, 9.17) is 16.6 Å².